The van der Waals surface area contributed by atoms with Gasteiger partial charge in [0.1, 0.15) is 0 Å². The number of amides is 1. The number of aromatic nitrogens is 2. The van der Waals surface area contributed by atoms with Gasteiger partial charge in [-0.1, -0.05) is 29.0 Å². The Kier molecular flexibility index (Phi) is 6.23. The van der Waals surface area contributed by atoms with Crippen molar-refractivity contribution in [3.63, 3.8) is 0 Å². The highest BCUT2D eigenvalue weighted by Crippen LogP contribution is 2.34. The summed E-state index contributed by atoms with van der Waals surface area (Å²) in [6, 6.07) is 9.85. The van der Waals surface area contributed by atoms with E-state index in [-0.39, 0.29) is 21.6 Å². The van der Waals surface area contributed by atoms with E-state index in [0.717, 1.165) is 16.8 Å². The number of nitrogens with zero attached hydrogens (tertiary/aromatic N) is 2. The molecule has 34 heavy (non-hydrogen) atoms. The van der Waals surface area contributed by atoms with Crippen LogP contribution in [-0.2, 0) is 21.0 Å². The first kappa shape index (κ1) is 23.9. The number of fused-ring (bicyclic) bond motifs is 1. The van der Waals surface area contributed by atoms with Gasteiger partial charge in [0.05, 0.1) is 26.4 Å². The van der Waals surface area contributed by atoms with E-state index < -0.39 is 21.8 Å². The second-order valence-corrected chi connectivity index (χ2v) is 10.1. The van der Waals surface area contributed by atoms with Crippen LogP contribution in [0.25, 0.3) is 21.3 Å². The van der Waals surface area contributed by atoms with E-state index in [1.807, 2.05) is 0 Å². The Labute approximate surface area is 200 Å². The Morgan fingerprint density at radius 2 is 1.76 bits per heavy atom. The van der Waals surface area contributed by atoms with E-state index in [4.69, 9.17) is 11.6 Å². The first-order chi connectivity index (χ1) is 15.9. The Morgan fingerprint density at radius 1 is 1.06 bits per heavy atom. The molecule has 0 fully saturated rings. The molecule has 176 valence electrons. The maximum absolute atomic E-state index is 12.8. The van der Waals surface area contributed by atoms with Gasteiger partial charge >= 0.3 is 6.18 Å². The number of hydrogen-bond acceptors (Lipinski definition) is 6. The fourth-order valence-corrected chi connectivity index (χ4v) is 5.23. The molecule has 2 heterocycles. The zero-order chi connectivity index (χ0) is 24.7. The van der Waals surface area contributed by atoms with E-state index in [2.05, 4.69) is 20.0 Å². The fourth-order valence-electron chi connectivity index (χ4n) is 3.01. The van der Waals surface area contributed by atoms with Gasteiger partial charge in [0, 0.05) is 18.7 Å². The fraction of sp³-hybridized carbons (Fsp3) is 0.0952. The lowest BCUT2D eigenvalue weighted by atomic mass is 10.1. The van der Waals surface area contributed by atoms with Crippen molar-refractivity contribution in [3.05, 3.63) is 65.4 Å². The van der Waals surface area contributed by atoms with Gasteiger partial charge in [-0.3, -0.25) is 9.52 Å². The largest absolute Gasteiger partial charge is 0.416 e. The summed E-state index contributed by atoms with van der Waals surface area (Å²) in [7, 11) is -4.23. The number of hydrogen-bond donors (Lipinski definition) is 2. The predicted octanol–water partition coefficient (Wildman–Crippen LogP) is 5.79. The van der Waals surface area contributed by atoms with Gasteiger partial charge < -0.3 is 5.32 Å². The molecule has 0 bridgehead atoms. The summed E-state index contributed by atoms with van der Waals surface area (Å²) < 4.78 is 66.8. The van der Waals surface area contributed by atoms with Crippen LogP contribution in [0.3, 0.4) is 0 Å². The zero-order valence-electron chi connectivity index (χ0n) is 17.1. The number of rotatable bonds is 5. The number of benzene rings is 2. The van der Waals surface area contributed by atoms with Gasteiger partial charge in [-0.2, -0.15) is 13.2 Å². The molecule has 4 aromatic rings. The van der Waals surface area contributed by atoms with Gasteiger partial charge in [0.25, 0.3) is 10.0 Å². The highest BCUT2D eigenvalue weighted by Gasteiger charge is 2.30. The Morgan fingerprint density at radius 3 is 2.41 bits per heavy atom. The molecule has 13 heteroatoms. The Bertz CT molecular complexity index is 1500. The van der Waals surface area contributed by atoms with Crippen molar-refractivity contribution in [2.24, 2.45) is 0 Å². The molecule has 0 aliphatic rings. The molecule has 7 nitrogen and oxygen atoms in total. The second kappa shape index (κ2) is 8.85. The monoisotopic (exact) mass is 526 g/mol. The number of carbonyl (C=O) groups excluding carboxylic acids is 1. The van der Waals surface area contributed by atoms with Crippen molar-refractivity contribution >= 4 is 59.9 Å². The van der Waals surface area contributed by atoms with Crippen LogP contribution < -0.4 is 10.0 Å². The minimum atomic E-state index is -4.58. The van der Waals surface area contributed by atoms with Crippen LogP contribution in [0, 0.1) is 0 Å². The van der Waals surface area contributed by atoms with Crippen LogP contribution in [0.15, 0.2) is 59.6 Å². The molecule has 0 atom stereocenters. The molecular weight excluding hydrogens is 513 g/mol. The van der Waals surface area contributed by atoms with E-state index >= 15 is 0 Å². The number of carbonyl (C=O) groups is 1. The SMILES string of the molecule is CC(=O)Nc1nc2ccc(-c3cnc(Cl)c(NS(=O)(=O)c4ccc(C(F)(F)F)cc4)c3)cc2s1. The van der Waals surface area contributed by atoms with Crippen LogP contribution in [0.5, 0.6) is 0 Å². The van der Waals surface area contributed by atoms with Crippen LogP contribution >= 0.6 is 22.9 Å². The van der Waals surface area contributed by atoms with E-state index in [9.17, 15) is 26.4 Å². The normalized spacial score (nSPS) is 12.0. The third-order valence-corrected chi connectivity index (χ3v) is 7.20. The topological polar surface area (TPSA) is 101 Å². The number of halogens is 4. The molecule has 0 aliphatic carbocycles. The molecule has 0 aliphatic heterocycles. The minimum absolute atomic E-state index is 0.0394. The van der Waals surface area contributed by atoms with Crippen molar-refractivity contribution in [2.45, 2.75) is 18.0 Å². The zero-order valence-corrected chi connectivity index (χ0v) is 19.5. The summed E-state index contributed by atoms with van der Waals surface area (Å²) in [6.07, 6.45) is -3.13. The van der Waals surface area contributed by atoms with Gasteiger partial charge in [-0.25, -0.2) is 18.4 Å². The van der Waals surface area contributed by atoms with E-state index in [1.54, 1.807) is 18.2 Å². The van der Waals surface area contributed by atoms with Crippen molar-refractivity contribution < 1.29 is 26.4 Å². The van der Waals surface area contributed by atoms with Crippen LogP contribution in [-0.4, -0.2) is 24.3 Å². The summed E-state index contributed by atoms with van der Waals surface area (Å²) in [5.74, 6) is -0.244. The van der Waals surface area contributed by atoms with E-state index in [1.165, 1.54) is 30.5 Å². The standard InChI is InChI=1S/C21H14ClF3N4O3S2/c1-11(30)27-20-28-16-7-2-12(9-18(16)33-20)13-8-17(19(22)26-10-13)29-34(31,32)15-5-3-14(4-6-15)21(23,24)25/h2-10,29H,1H3,(H,27,28,30). The minimum Gasteiger partial charge on any atom is -0.302 e. The van der Waals surface area contributed by atoms with Crippen molar-refractivity contribution in [1.29, 1.82) is 0 Å². The number of pyridine rings is 1. The van der Waals surface area contributed by atoms with Gasteiger partial charge in [-0.15, -0.1) is 0 Å². The lowest BCUT2D eigenvalue weighted by Gasteiger charge is -2.12. The molecule has 4 rings (SSSR count). The molecule has 0 spiro atoms. The van der Waals surface area contributed by atoms with Gasteiger partial charge in [0.15, 0.2) is 10.3 Å². The molecule has 2 aromatic carbocycles. The molecular formula is C21H14ClF3N4O3S2. The van der Waals surface area contributed by atoms with E-state index in [0.29, 0.717) is 33.9 Å². The maximum Gasteiger partial charge on any atom is 0.416 e. The van der Waals surface area contributed by atoms with Crippen molar-refractivity contribution in [3.8, 4) is 11.1 Å². The smallest absolute Gasteiger partial charge is 0.302 e. The molecule has 1 amide bonds. The third kappa shape index (κ3) is 5.13. The van der Waals surface area contributed by atoms with Crippen LogP contribution in [0.2, 0.25) is 5.15 Å². The highest BCUT2D eigenvalue weighted by molar-refractivity contribution is 7.92. The molecule has 2 N–H and O–H groups in total. The first-order valence-corrected chi connectivity index (χ1v) is 12.1. The first-order valence-electron chi connectivity index (χ1n) is 9.46. The summed E-state index contributed by atoms with van der Waals surface area (Å²) >= 11 is 7.34. The average Bonchev–Trinajstić information content (AvgIpc) is 3.15. The average molecular weight is 527 g/mol. The number of anilines is 2. The lowest BCUT2D eigenvalue weighted by Crippen LogP contribution is -2.14. The lowest BCUT2D eigenvalue weighted by molar-refractivity contribution is -0.137. The number of nitrogens with one attached hydrogen (secondary N) is 2. The number of sulfonamides is 1. The molecule has 0 unspecified atom stereocenters. The maximum atomic E-state index is 12.8. The molecule has 0 saturated carbocycles. The van der Waals surface area contributed by atoms with Crippen molar-refractivity contribution in [2.75, 3.05) is 10.0 Å². The van der Waals surface area contributed by atoms with Crippen LogP contribution in [0.1, 0.15) is 12.5 Å². The number of thiazole rings is 1. The summed E-state index contributed by atoms with van der Waals surface area (Å²) in [6.45, 7) is 1.38. The summed E-state index contributed by atoms with van der Waals surface area (Å²) in [5.41, 5.74) is 0.883. The third-order valence-electron chi connectivity index (χ3n) is 4.58. The van der Waals surface area contributed by atoms with Crippen molar-refractivity contribution in [1.82, 2.24) is 9.97 Å². The van der Waals surface area contributed by atoms with Gasteiger partial charge in [0.2, 0.25) is 5.91 Å². The Hall–Kier alpha value is -3.22. The second-order valence-electron chi connectivity index (χ2n) is 7.07. The van der Waals surface area contributed by atoms with Crippen LogP contribution in [0.4, 0.5) is 24.0 Å². The Balaban J connectivity index is 1.64. The van der Waals surface area contributed by atoms with Gasteiger partial charge in [-0.05, 0) is 48.0 Å². The summed E-state index contributed by atoms with van der Waals surface area (Å²) in [4.78, 5) is 19.2. The molecule has 0 saturated heterocycles. The molecule has 2 aromatic heterocycles. The number of alkyl halides is 3. The predicted molar refractivity (Wildman–Crippen MR) is 124 cm³/mol. The highest BCUT2D eigenvalue weighted by atomic mass is 35.5. The summed E-state index contributed by atoms with van der Waals surface area (Å²) in [5, 5.41) is 2.93. The molecule has 0 radical (unpaired) electrons. The quantitative estimate of drug-likeness (QED) is 0.321.